The molecule has 0 atom stereocenters. The predicted octanol–water partition coefficient (Wildman–Crippen LogP) is 1.15. The summed E-state index contributed by atoms with van der Waals surface area (Å²) in [7, 11) is -3.31. The van der Waals surface area contributed by atoms with Gasteiger partial charge in [-0.15, -0.1) is 0 Å². The number of nitrogens with zero attached hydrogens (tertiary/aromatic N) is 1. The summed E-state index contributed by atoms with van der Waals surface area (Å²) in [5, 5.41) is 1.32. The summed E-state index contributed by atoms with van der Waals surface area (Å²) in [6, 6.07) is 9.51. The molecule has 1 saturated heterocycles. The second-order valence-electron chi connectivity index (χ2n) is 5.89. The molecule has 120 valence electrons. The summed E-state index contributed by atoms with van der Waals surface area (Å²) in [4.78, 5) is 1.44. The van der Waals surface area contributed by atoms with Gasteiger partial charge in [0.1, 0.15) is 0 Å². The van der Waals surface area contributed by atoms with Crippen LogP contribution in [-0.2, 0) is 10.0 Å². The van der Waals surface area contributed by atoms with Crippen LogP contribution in [0.5, 0.6) is 0 Å². The Labute approximate surface area is 133 Å². The van der Waals surface area contributed by atoms with Gasteiger partial charge in [-0.25, -0.2) is 8.42 Å². The highest BCUT2D eigenvalue weighted by molar-refractivity contribution is 7.92. The highest BCUT2D eigenvalue weighted by atomic mass is 32.2. The smallest absolute Gasteiger partial charge is 0.236 e. The van der Waals surface area contributed by atoms with Gasteiger partial charge in [-0.3, -0.25) is 0 Å². The van der Waals surface area contributed by atoms with E-state index in [1.54, 1.807) is 10.4 Å². The van der Waals surface area contributed by atoms with Crippen molar-refractivity contribution in [3.8, 4) is 0 Å². The van der Waals surface area contributed by atoms with Crippen LogP contribution in [0.4, 0.5) is 0 Å². The van der Waals surface area contributed by atoms with Crippen LogP contribution >= 0.6 is 0 Å². The van der Waals surface area contributed by atoms with E-state index in [0.29, 0.717) is 13.1 Å². The van der Waals surface area contributed by atoms with E-state index in [0.717, 1.165) is 25.2 Å². The second kappa shape index (κ2) is 7.72. The highest BCUT2D eigenvalue weighted by Gasteiger charge is 2.26. The van der Waals surface area contributed by atoms with E-state index in [2.05, 4.69) is 19.9 Å². The van der Waals surface area contributed by atoms with E-state index in [9.17, 15) is 8.42 Å². The molecule has 22 heavy (non-hydrogen) atoms. The Hall–Kier alpha value is -1.43. The summed E-state index contributed by atoms with van der Waals surface area (Å²) >= 11 is 0. The van der Waals surface area contributed by atoms with Crippen LogP contribution in [0.15, 0.2) is 47.4 Å². The first-order valence-electron chi connectivity index (χ1n) is 7.67. The third-order valence-electron chi connectivity index (χ3n) is 3.82. The van der Waals surface area contributed by atoms with E-state index in [1.165, 1.54) is 15.9 Å². The van der Waals surface area contributed by atoms with Gasteiger partial charge in [-0.1, -0.05) is 35.9 Å². The largest absolute Gasteiger partial charge is 0.329 e. The number of benzene rings is 1. The molecule has 0 bridgehead atoms. The number of piperazine rings is 1. The highest BCUT2D eigenvalue weighted by Crippen LogP contribution is 2.08. The molecule has 0 aliphatic carbocycles. The molecule has 0 spiro atoms. The fourth-order valence-corrected chi connectivity index (χ4v) is 3.62. The van der Waals surface area contributed by atoms with Crippen LogP contribution < -0.4 is 4.90 Å². The number of allylic oxidation sites excluding steroid dienone is 1. The van der Waals surface area contributed by atoms with Gasteiger partial charge in [0.15, 0.2) is 0 Å². The molecule has 0 amide bonds. The maximum atomic E-state index is 12.3. The Bertz CT molecular complexity index is 624. The topological polar surface area (TPSA) is 41.8 Å². The monoisotopic (exact) mass is 321 g/mol. The Balaban J connectivity index is 1.92. The molecule has 4 nitrogen and oxygen atoms in total. The van der Waals surface area contributed by atoms with Gasteiger partial charge in [0.2, 0.25) is 10.0 Å². The SMILES string of the molecule is CC(C)=CC[NH+]1CCN(S(=O)(=O)/C=C/c2ccccc2)CC1. The summed E-state index contributed by atoms with van der Waals surface area (Å²) in [6.45, 7) is 8.07. The van der Waals surface area contributed by atoms with Crippen LogP contribution in [0, 0.1) is 0 Å². The molecular formula is C17H25N2O2S+. The average molecular weight is 321 g/mol. The van der Waals surface area contributed by atoms with Gasteiger partial charge >= 0.3 is 0 Å². The number of nitrogens with one attached hydrogen (secondary N) is 1. The lowest BCUT2D eigenvalue weighted by Crippen LogP contribution is -3.14. The quantitative estimate of drug-likeness (QED) is 0.827. The molecule has 1 heterocycles. The number of sulfonamides is 1. The Kier molecular flexibility index (Phi) is 5.94. The van der Waals surface area contributed by atoms with Crippen molar-refractivity contribution in [1.29, 1.82) is 0 Å². The molecule has 1 aliphatic rings. The van der Waals surface area contributed by atoms with E-state index in [-0.39, 0.29) is 0 Å². The van der Waals surface area contributed by atoms with Crippen molar-refractivity contribution >= 4 is 16.1 Å². The standard InChI is InChI=1S/C17H24N2O2S/c1-16(2)8-10-18-11-13-19(14-12-18)22(20,21)15-9-17-6-4-3-5-7-17/h3-9,15H,10-14H2,1-2H3/p+1/b15-9+. The lowest BCUT2D eigenvalue weighted by atomic mass is 10.2. The molecule has 0 radical (unpaired) electrons. The minimum absolute atomic E-state index is 0.591. The second-order valence-corrected chi connectivity index (χ2v) is 7.71. The number of hydrogen-bond donors (Lipinski definition) is 1. The maximum absolute atomic E-state index is 12.3. The molecular weight excluding hydrogens is 296 g/mol. The summed E-state index contributed by atoms with van der Waals surface area (Å²) in [5.74, 6) is 0. The van der Waals surface area contributed by atoms with E-state index in [4.69, 9.17) is 0 Å². The van der Waals surface area contributed by atoms with Gasteiger partial charge in [0.25, 0.3) is 0 Å². The molecule has 1 aliphatic heterocycles. The van der Waals surface area contributed by atoms with Crippen molar-refractivity contribution in [1.82, 2.24) is 4.31 Å². The maximum Gasteiger partial charge on any atom is 0.236 e. The van der Waals surface area contributed by atoms with Crippen molar-refractivity contribution in [3.05, 3.63) is 53.0 Å². The molecule has 0 aromatic heterocycles. The molecule has 5 heteroatoms. The van der Waals surface area contributed by atoms with Crippen molar-refractivity contribution in [3.63, 3.8) is 0 Å². The van der Waals surface area contributed by atoms with E-state index >= 15 is 0 Å². The first kappa shape index (κ1) is 16.9. The third-order valence-corrected chi connectivity index (χ3v) is 5.39. The van der Waals surface area contributed by atoms with Crippen molar-refractivity contribution in [2.45, 2.75) is 13.8 Å². The first-order chi connectivity index (χ1) is 10.5. The molecule has 1 N–H and O–H groups in total. The zero-order chi connectivity index (χ0) is 16.0. The molecule has 0 unspecified atom stereocenters. The fourth-order valence-electron chi connectivity index (χ4n) is 2.42. The van der Waals surface area contributed by atoms with Crippen LogP contribution in [0.1, 0.15) is 19.4 Å². The third kappa shape index (κ3) is 5.09. The summed E-state index contributed by atoms with van der Waals surface area (Å²) in [5.41, 5.74) is 2.22. The zero-order valence-electron chi connectivity index (χ0n) is 13.3. The van der Waals surface area contributed by atoms with E-state index in [1.807, 2.05) is 30.3 Å². The summed E-state index contributed by atoms with van der Waals surface area (Å²) in [6.07, 6.45) is 3.88. The average Bonchev–Trinajstić information content (AvgIpc) is 2.52. The van der Waals surface area contributed by atoms with Crippen LogP contribution in [0.25, 0.3) is 6.08 Å². The van der Waals surface area contributed by atoms with Crippen molar-refractivity contribution in [2.24, 2.45) is 0 Å². The van der Waals surface area contributed by atoms with E-state index < -0.39 is 10.0 Å². The van der Waals surface area contributed by atoms with Gasteiger partial charge in [0, 0.05) is 5.41 Å². The Morgan fingerprint density at radius 1 is 1.18 bits per heavy atom. The van der Waals surface area contributed by atoms with Gasteiger partial charge in [-0.05, 0) is 31.6 Å². The lowest BCUT2D eigenvalue weighted by Gasteiger charge is -2.30. The van der Waals surface area contributed by atoms with Crippen molar-refractivity contribution in [2.75, 3.05) is 32.7 Å². The normalized spacial score (nSPS) is 17.7. The molecule has 0 saturated carbocycles. The number of rotatable bonds is 5. The predicted molar refractivity (Wildman–Crippen MR) is 91.0 cm³/mol. The Morgan fingerprint density at radius 2 is 1.82 bits per heavy atom. The van der Waals surface area contributed by atoms with Crippen LogP contribution in [-0.4, -0.2) is 45.4 Å². The minimum atomic E-state index is -3.31. The Morgan fingerprint density at radius 3 is 2.41 bits per heavy atom. The van der Waals surface area contributed by atoms with Gasteiger partial charge in [0.05, 0.1) is 32.7 Å². The fraction of sp³-hybridized carbons (Fsp3) is 0.412. The molecule has 1 aromatic rings. The molecule has 2 rings (SSSR count). The van der Waals surface area contributed by atoms with Crippen molar-refractivity contribution < 1.29 is 13.3 Å². The van der Waals surface area contributed by atoms with Crippen LogP contribution in [0.3, 0.4) is 0 Å². The zero-order valence-corrected chi connectivity index (χ0v) is 14.1. The molecule has 1 fully saturated rings. The van der Waals surface area contributed by atoms with Gasteiger partial charge in [-0.2, -0.15) is 4.31 Å². The minimum Gasteiger partial charge on any atom is -0.329 e. The molecule has 1 aromatic carbocycles. The number of quaternary nitrogens is 1. The number of hydrogen-bond acceptors (Lipinski definition) is 2. The lowest BCUT2D eigenvalue weighted by molar-refractivity contribution is -0.897. The summed E-state index contributed by atoms with van der Waals surface area (Å²) < 4.78 is 26.3. The van der Waals surface area contributed by atoms with Crippen LogP contribution in [0.2, 0.25) is 0 Å². The first-order valence-corrected chi connectivity index (χ1v) is 9.18. The van der Waals surface area contributed by atoms with Gasteiger partial charge < -0.3 is 4.90 Å².